The van der Waals surface area contributed by atoms with Gasteiger partial charge in [0.25, 0.3) is 0 Å². The van der Waals surface area contributed by atoms with Gasteiger partial charge in [-0.2, -0.15) is 0 Å². The Hall–Kier alpha value is -1.55. The fourth-order valence-electron chi connectivity index (χ4n) is 2.51. The van der Waals surface area contributed by atoms with Gasteiger partial charge in [0.1, 0.15) is 0 Å². The maximum absolute atomic E-state index is 5.70. The Labute approximate surface area is 113 Å². The predicted octanol–water partition coefficient (Wildman–Crippen LogP) is 2.79. The first-order chi connectivity index (χ1) is 9.12. The molecule has 1 aromatic rings. The van der Waals surface area contributed by atoms with E-state index in [1.807, 2.05) is 24.4 Å². The van der Waals surface area contributed by atoms with Gasteiger partial charge in [0, 0.05) is 12.8 Å². The summed E-state index contributed by atoms with van der Waals surface area (Å²) in [7, 11) is 0. The second-order valence-electron chi connectivity index (χ2n) is 5.65. The zero-order valence-electron chi connectivity index (χ0n) is 11.4. The first kappa shape index (κ1) is 12.5. The number of hydrogen-bond acceptors (Lipinski definition) is 4. The molecule has 2 aliphatic rings. The summed E-state index contributed by atoms with van der Waals surface area (Å²) in [6.45, 7) is 5.34. The highest BCUT2D eigenvalue weighted by molar-refractivity contribution is 5.81. The molecule has 0 bridgehead atoms. The standard InChI is InChI=1S/C15H19NO3/c1-15(2)8-12(5-6-19-15)16-9-11-3-4-13-14(7-11)18-10-17-13/h3-4,7,9,12H,5-6,8,10H2,1-2H3. The van der Waals surface area contributed by atoms with Crippen molar-refractivity contribution in [2.45, 2.75) is 38.3 Å². The lowest BCUT2D eigenvalue weighted by Crippen LogP contribution is -2.35. The molecule has 19 heavy (non-hydrogen) atoms. The zero-order chi connectivity index (χ0) is 13.3. The van der Waals surface area contributed by atoms with Crippen LogP contribution in [0.15, 0.2) is 23.2 Å². The zero-order valence-corrected chi connectivity index (χ0v) is 11.4. The fourth-order valence-corrected chi connectivity index (χ4v) is 2.51. The van der Waals surface area contributed by atoms with Gasteiger partial charge in [-0.3, -0.25) is 4.99 Å². The third kappa shape index (κ3) is 2.89. The van der Waals surface area contributed by atoms with Crippen molar-refractivity contribution in [1.82, 2.24) is 0 Å². The van der Waals surface area contributed by atoms with E-state index in [-0.39, 0.29) is 5.60 Å². The van der Waals surface area contributed by atoms with Crippen LogP contribution in [0.3, 0.4) is 0 Å². The number of hydrogen-bond donors (Lipinski definition) is 0. The van der Waals surface area contributed by atoms with Crippen molar-refractivity contribution in [3.8, 4) is 11.5 Å². The molecule has 2 heterocycles. The van der Waals surface area contributed by atoms with Crippen molar-refractivity contribution in [3.05, 3.63) is 23.8 Å². The van der Waals surface area contributed by atoms with Gasteiger partial charge in [-0.25, -0.2) is 0 Å². The van der Waals surface area contributed by atoms with E-state index < -0.39 is 0 Å². The van der Waals surface area contributed by atoms with E-state index in [1.54, 1.807) is 0 Å². The maximum Gasteiger partial charge on any atom is 0.231 e. The van der Waals surface area contributed by atoms with Crippen LogP contribution in [0, 0.1) is 0 Å². The summed E-state index contributed by atoms with van der Waals surface area (Å²) in [5.74, 6) is 1.61. The Morgan fingerprint density at radius 2 is 2.11 bits per heavy atom. The van der Waals surface area contributed by atoms with Gasteiger partial charge in [0.2, 0.25) is 6.79 Å². The minimum atomic E-state index is -0.0604. The van der Waals surface area contributed by atoms with E-state index in [1.165, 1.54) is 0 Å². The molecule has 0 saturated carbocycles. The van der Waals surface area contributed by atoms with Crippen LogP contribution >= 0.6 is 0 Å². The third-order valence-electron chi connectivity index (χ3n) is 3.50. The normalized spacial score (nSPS) is 24.8. The van der Waals surface area contributed by atoms with Crippen molar-refractivity contribution < 1.29 is 14.2 Å². The molecular formula is C15H19NO3. The quantitative estimate of drug-likeness (QED) is 0.769. The largest absolute Gasteiger partial charge is 0.454 e. The second-order valence-corrected chi connectivity index (χ2v) is 5.65. The summed E-state index contributed by atoms with van der Waals surface area (Å²) in [6, 6.07) is 6.24. The van der Waals surface area contributed by atoms with Gasteiger partial charge in [-0.15, -0.1) is 0 Å². The van der Waals surface area contributed by atoms with Crippen LogP contribution in [0.5, 0.6) is 11.5 Å². The lowest BCUT2D eigenvalue weighted by molar-refractivity contribution is -0.0574. The van der Waals surface area contributed by atoms with Gasteiger partial charge in [-0.05, 0) is 50.5 Å². The monoisotopic (exact) mass is 261 g/mol. The molecule has 1 aromatic carbocycles. The Bertz CT molecular complexity index is 496. The van der Waals surface area contributed by atoms with Crippen LogP contribution in [0.2, 0.25) is 0 Å². The van der Waals surface area contributed by atoms with Crippen LogP contribution in [-0.4, -0.2) is 31.3 Å². The molecule has 102 valence electrons. The number of nitrogens with zero attached hydrogens (tertiary/aromatic N) is 1. The van der Waals surface area contributed by atoms with Crippen molar-refractivity contribution in [3.63, 3.8) is 0 Å². The maximum atomic E-state index is 5.70. The van der Waals surface area contributed by atoms with Crippen molar-refractivity contribution in [1.29, 1.82) is 0 Å². The highest BCUT2D eigenvalue weighted by Gasteiger charge is 2.28. The molecule has 1 saturated heterocycles. The molecule has 3 rings (SSSR count). The van der Waals surface area contributed by atoms with Crippen LogP contribution in [-0.2, 0) is 4.74 Å². The number of ether oxygens (including phenoxy) is 3. The van der Waals surface area contributed by atoms with Crippen LogP contribution in [0.4, 0.5) is 0 Å². The summed E-state index contributed by atoms with van der Waals surface area (Å²) in [5, 5.41) is 0. The summed E-state index contributed by atoms with van der Waals surface area (Å²) >= 11 is 0. The second kappa shape index (κ2) is 4.85. The van der Waals surface area contributed by atoms with E-state index in [0.717, 1.165) is 36.5 Å². The summed E-state index contributed by atoms with van der Waals surface area (Å²) in [6.07, 6.45) is 3.88. The Balaban J connectivity index is 1.69. The molecule has 0 amide bonds. The number of fused-ring (bicyclic) bond motifs is 1. The molecular weight excluding hydrogens is 242 g/mol. The summed E-state index contributed by atoms with van der Waals surface area (Å²) in [4.78, 5) is 4.67. The number of aliphatic imine (C=N–C) groups is 1. The first-order valence-corrected chi connectivity index (χ1v) is 6.69. The van der Waals surface area contributed by atoms with Crippen LogP contribution < -0.4 is 9.47 Å². The minimum Gasteiger partial charge on any atom is -0.454 e. The molecule has 0 aromatic heterocycles. The molecule has 1 unspecified atom stereocenters. The molecule has 4 heteroatoms. The van der Waals surface area contributed by atoms with E-state index in [4.69, 9.17) is 14.2 Å². The molecule has 0 aliphatic carbocycles. The van der Waals surface area contributed by atoms with Gasteiger partial charge in [-0.1, -0.05) is 0 Å². The highest BCUT2D eigenvalue weighted by atomic mass is 16.7. The topological polar surface area (TPSA) is 40.0 Å². The molecule has 0 radical (unpaired) electrons. The summed E-state index contributed by atoms with van der Waals surface area (Å²) < 4.78 is 16.3. The van der Waals surface area contributed by atoms with Crippen molar-refractivity contribution >= 4 is 6.21 Å². The Kier molecular flexibility index (Phi) is 3.19. The molecule has 4 nitrogen and oxygen atoms in total. The Morgan fingerprint density at radius 3 is 2.95 bits per heavy atom. The lowest BCUT2D eigenvalue weighted by Gasteiger charge is -2.33. The van der Waals surface area contributed by atoms with Gasteiger partial charge in [0.15, 0.2) is 11.5 Å². The van der Waals surface area contributed by atoms with Gasteiger partial charge < -0.3 is 14.2 Å². The molecule has 1 atom stereocenters. The van der Waals surface area contributed by atoms with Crippen molar-refractivity contribution in [2.75, 3.05) is 13.4 Å². The lowest BCUT2D eigenvalue weighted by atomic mass is 9.94. The predicted molar refractivity (Wildman–Crippen MR) is 73.2 cm³/mol. The molecule has 2 aliphatic heterocycles. The molecule has 1 fully saturated rings. The summed E-state index contributed by atoms with van der Waals surface area (Å²) in [5.41, 5.74) is 0.989. The van der Waals surface area contributed by atoms with Gasteiger partial charge in [0.05, 0.1) is 11.6 Å². The molecule has 0 N–H and O–H groups in total. The fraction of sp³-hybridized carbons (Fsp3) is 0.533. The van der Waals surface area contributed by atoms with E-state index >= 15 is 0 Å². The smallest absolute Gasteiger partial charge is 0.231 e. The minimum absolute atomic E-state index is 0.0604. The van der Waals surface area contributed by atoms with Crippen LogP contribution in [0.1, 0.15) is 32.3 Å². The average molecular weight is 261 g/mol. The highest BCUT2D eigenvalue weighted by Crippen LogP contribution is 2.32. The molecule has 0 spiro atoms. The number of rotatable bonds is 2. The average Bonchev–Trinajstić information content (AvgIpc) is 2.82. The first-order valence-electron chi connectivity index (χ1n) is 6.69. The number of benzene rings is 1. The third-order valence-corrected chi connectivity index (χ3v) is 3.50. The van der Waals surface area contributed by atoms with Crippen molar-refractivity contribution in [2.24, 2.45) is 4.99 Å². The Morgan fingerprint density at radius 1 is 1.26 bits per heavy atom. The van der Waals surface area contributed by atoms with E-state index in [0.29, 0.717) is 12.8 Å². The SMILES string of the molecule is CC1(C)CC(N=Cc2ccc3c(c2)OCO3)CCO1. The van der Waals surface area contributed by atoms with E-state index in [9.17, 15) is 0 Å². The van der Waals surface area contributed by atoms with Gasteiger partial charge >= 0.3 is 0 Å². The van der Waals surface area contributed by atoms with Crippen LogP contribution in [0.25, 0.3) is 0 Å². The van der Waals surface area contributed by atoms with E-state index in [2.05, 4.69) is 18.8 Å².